The van der Waals surface area contributed by atoms with Gasteiger partial charge in [0.25, 0.3) is 5.91 Å². The lowest BCUT2D eigenvalue weighted by Gasteiger charge is -2.09. The fraction of sp³-hybridized carbons (Fsp3) is 0.0952. The molecule has 2 amide bonds. The van der Waals surface area contributed by atoms with Gasteiger partial charge in [-0.25, -0.2) is 4.39 Å². The van der Waals surface area contributed by atoms with Crippen molar-refractivity contribution in [3.63, 3.8) is 0 Å². The number of pyridine rings is 1. The maximum Gasteiger partial charge on any atom is 0.255 e. The van der Waals surface area contributed by atoms with Crippen LogP contribution in [0.15, 0.2) is 71.9 Å². The van der Waals surface area contributed by atoms with Crippen LogP contribution in [0, 0.1) is 5.82 Å². The molecule has 0 fully saturated rings. The molecule has 3 aromatic rings. The van der Waals surface area contributed by atoms with Crippen LogP contribution >= 0.6 is 11.8 Å². The number of hydrogen-bond donors (Lipinski definition) is 2. The predicted molar refractivity (Wildman–Crippen MR) is 109 cm³/mol. The second-order valence-electron chi connectivity index (χ2n) is 6.00. The summed E-state index contributed by atoms with van der Waals surface area (Å²) in [5.74, 6) is -0.582. The Morgan fingerprint density at radius 2 is 1.86 bits per heavy atom. The second kappa shape index (κ2) is 9.14. The Bertz CT molecular complexity index is 979. The molecule has 3 rings (SSSR count). The van der Waals surface area contributed by atoms with Crippen molar-refractivity contribution in [2.45, 2.75) is 17.6 Å². The molecule has 7 heteroatoms. The first-order valence-electron chi connectivity index (χ1n) is 8.51. The standard InChI is InChI=1S/C21H18FN3O2S/c1-14(26)24-20-11-16(4-9-19(20)22)21(27)25-17-5-7-18(8-6-17)28-13-15-3-2-10-23-12-15/h2-12H,13H2,1H3,(H,24,26)(H,25,27). The van der Waals surface area contributed by atoms with Gasteiger partial charge in [0.1, 0.15) is 5.82 Å². The summed E-state index contributed by atoms with van der Waals surface area (Å²) >= 11 is 1.67. The molecule has 0 saturated heterocycles. The van der Waals surface area contributed by atoms with E-state index in [-0.39, 0.29) is 17.2 Å². The largest absolute Gasteiger partial charge is 0.324 e. The number of halogens is 1. The van der Waals surface area contributed by atoms with Crippen molar-refractivity contribution < 1.29 is 14.0 Å². The number of aromatic nitrogens is 1. The van der Waals surface area contributed by atoms with Gasteiger partial charge in [-0.3, -0.25) is 14.6 Å². The fourth-order valence-corrected chi connectivity index (χ4v) is 3.27. The quantitative estimate of drug-likeness (QED) is 0.592. The molecule has 2 aromatic carbocycles. The SMILES string of the molecule is CC(=O)Nc1cc(C(=O)Nc2ccc(SCc3cccnc3)cc2)ccc1F. The number of hydrogen-bond acceptors (Lipinski definition) is 4. The van der Waals surface area contributed by atoms with Gasteiger partial charge in [-0.05, 0) is 54.1 Å². The van der Waals surface area contributed by atoms with Gasteiger partial charge in [0.2, 0.25) is 5.91 Å². The van der Waals surface area contributed by atoms with Crippen molar-refractivity contribution in [3.05, 3.63) is 83.9 Å². The van der Waals surface area contributed by atoms with E-state index in [9.17, 15) is 14.0 Å². The molecule has 5 nitrogen and oxygen atoms in total. The number of anilines is 2. The minimum Gasteiger partial charge on any atom is -0.324 e. The molecule has 142 valence electrons. The Kier molecular flexibility index (Phi) is 6.39. The third-order valence-electron chi connectivity index (χ3n) is 3.78. The molecule has 0 atom stereocenters. The molecule has 2 N–H and O–H groups in total. The third kappa shape index (κ3) is 5.40. The topological polar surface area (TPSA) is 71.1 Å². The van der Waals surface area contributed by atoms with Crippen molar-refractivity contribution in [3.8, 4) is 0 Å². The summed E-state index contributed by atoms with van der Waals surface area (Å²) in [5, 5.41) is 5.13. The number of amides is 2. The van der Waals surface area contributed by atoms with Gasteiger partial charge in [-0.2, -0.15) is 0 Å². The monoisotopic (exact) mass is 395 g/mol. The van der Waals surface area contributed by atoms with Crippen LogP contribution in [0.5, 0.6) is 0 Å². The van der Waals surface area contributed by atoms with Gasteiger partial charge in [0.05, 0.1) is 5.69 Å². The molecule has 0 saturated carbocycles. The van der Waals surface area contributed by atoms with Gasteiger partial charge < -0.3 is 10.6 Å². The zero-order chi connectivity index (χ0) is 19.9. The number of nitrogens with zero attached hydrogens (tertiary/aromatic N) is 1. The van der Waals surface area contributed by atoms with Crippen molar-refractivity contribution in [2.75, 3.05) is 10.6 Å². The highest BCUT2D eigenvalue weighted by Gasteiger charge is 2.11. The summed E-state index contributed by atoms with van der Waals surface area (Å²) in [4.78, 5) is 28.7. The lowest BCUT2D eigenvalue weighted by molar-refractivity contribution is -0.114. The molecule has 0 bridgehead atoms. The minimum absolute atomic E-state index is 0.0256. The molecular weight excluding hydrogens is 377 g/mol. The number of rotatable bonds is 6. The molecular formula is C21H18FN3O2S. The summed E-state index contributed by atoms with van der Waals surface area (Å²) in [6.45, 7) is 1.28. The molecule has 0 unspecified atom stereocenters. The van der Waals surface area contributed by atoms with E-state index in [1.807, 2.05) is 42.6 Å². The Labute approximate surface area is 166 Å². The maximum absolute atomic E-state index is 13.7. The first-order valence-corrected chi connectivity index (χ1v) is 9.50. The molecule has 28 heavy (non-hydrogen) atoms. The molecule has 0 spiro atoms. The average Bonchev–Trinajstić information content (AvgIpc) is 2.69. The van der Waals surface area contributed by atoms with Gasteiger partial charge >= 0.3 is 0 Å². The zero-order valence-corrected chi connectivity index (χ0v) is 15.9. The number of carbonyl (C=O) groups excluding carboxylic acids is 2. The maximum atomic E-state index is 13.7. The average molecular weight is 395 g/mol. The van der Waals surface area contributed by atoms with Crippen LogP contribution in [0.1, 0.15) is 22.8 Å². The summed E-state index contributed by atoms with van der Waals surface area (Å²) in [6, 6.07) is 15.2. The minimum atomic E-state index is -0.596. The van der Waals surface area contributed by atoms with E-state index in [2.05, 4.69) is 15.6 Å². The van der Waals surface area contributed by atoms with Crippen molar-refractivity contribution in [1.82, 2.24) is 4.98 Å². The van der Waals surface area contributed by atoms with Crippen LogP contribution in [-0.4, -0.2) is 16.8 Å². The van der Waals surface area contributed by atoms with E-state index >= 15 is 0 Å². The highest BCUT2D eigenvalue weighted by Crippen LogP contribution is 2.24. The second-order valence-corrected chi connectivity index (χ2v) is 7.05. The normalized spacial score (nSPS) is 10.4. The van der Waals surface area contributed by atoms with Crippen molar-refractivity contribution in [2.24, 2.45) is 0 Å². The van der Waals surface area contributed by atoms with E-state index in [1.54, 1.807) is 18.0 Å². The summed E-state index contributed by atoms with van der Waals surface area (Å²) in [7, 11) is 0. The van der Waals surface area contributed by atoms with Crippen LogP contribution in [0.3, 0.4) is 0 Å². The molecule has 0 radical (unpaired) electrons. The van der Waals surface area contributed by atoms with Crippen LogP contribution < -0.4 is 10.6 Å². The van der Waals surface area contributed by atoms with Crippen LogP contribution in [0.4, 0.5) is 15.8 Å². The predicted octanol–water partition coefficient (Wildman–Crippen LogP) is 4.72. The van der Waals surface area contributed by atoms with Crippen LogP contribution in [0.25, 0.3) is 0 Å². The Morgan fingerprint density at radius 3 is 2.54 bits per heavy atom. The number of thioether (sulfide) groups is 1. The fourth-order valence-electron chi connectivity index (χ4n) is 2.44. The van der Waals surface area contributed by atoms with Crippen LogP contribution in [-0.2, 0) is 10.5 Å². The van der Waals surface area contributed by atoms with Crippen molar-refractivity contribution in [1.29, 1.82) is 0 Å². The van der Waals surface area contributed by atoms with Gasteiger partial charge in [0.15, 0.2) is 0 Å². The highest BCUT2D eigenvalue weighted by atomic mass is 32.2. The molecule has 1 heterocycles. The molecule has 0 aliphatic rings. The first-order chi connectivity index (χ1) is 13.5. The molecule has 0 aliphatic carbocycles. The summed E-state index contributed by atoms with van der Waals surface area (Å²) in [6.07, 6.45) is 3.57. The van der Waals surface area contributed by atoms with Gasteiger partial charge in [-0.1, -0.05) is 6.07 Å². The smallest absolute Gasteiger partial charge is 0.255 e. The van der Waals surface area contributed by atoms with E-state index in [1.165, 1.54) is 19.1 Å². The number of carbonyl (C=O) groups is 2. The third-order valence-corrected chi connectivity index (χ3v) is 4.86. The van der Waals surface area contributed by atoms with Gasteiger partial charge in [-0.15, -0.1) is 11.8 Å². The van der Waals surface area contributed by atoms with E-state index in [0.717, 1.165) is 22.3 Å². The van der Waals surface area contributed by atoms with E-state index in [0.29, 0.717) is 5.69 Å². The van der Waals surface area contributed by atoms with E-state index in [4.69, 9.17) is 0 Å². The molecule has 1 aromatic heterocycles. The Morgan fingerprint density at radius 1 is 1.07 bits per heavy atom. The van der Waals surface area contributed by atoms with Gasteiger partial charge in [0, 0.05) is 41.2 Å². The number of benzene rings is 2. The summed E-state index contributed by atoms with van der Waals surface area (Å²) < 4.78 is 13.7. The first kappa shape index (κ1) is 19.6. The Balaban J connectivity index is 1.62. The Hall–Kier alpha value is -3.19. The number of nitrogens with one attached hydrogen (secondary N) is 2. The summed E-state index contributed by atoms with van der Waals surface area (Å²) in [5.41, 5.74) is 1.99. The lowest BCUT2D eigenvalue weighted by Crippen LogP contribution is -2.14. The zero-order valence-electron chi connectivity index (χ0n) is 15.1. The highest BCUT2D eigenvalue weighted by molar-refractivity contribution is 7.98. The molecule has 0 aliphatic heterocycles. The van der Waals surface area contributed by atoms with Crippen LogP contribution in [0.2, 0.25) is 0 Å². The van der Waals surface area contributed by atoms with Crippen molar-refractivity contribution >= 4 is 35.0 Å². The lowest BCUT2D eigenvalue weighted by atomic mass is 10.1. The van der Waals surface area contributed by atoms with E-state index < -0.39 is 11.7 Å².